The third kappa shape index (κ3) is 1.87. The van der Waals surface area contributed by atoms with E-state index in [2.05, 4.69) is 12.3 Å². The fourth-order valence-corrected chi connectivity index (χ4v) is 2.71. The Labute approximate surface area is 80.4 Å². The Bertz CT molecular complexity index is 184. The quantitative estimate of drug-likeness (QED) is 0.662. The summed E-state index contributed by atoms with van der Waals surface area (Å²) in [5, 5.41) is 2.04. The number of hydrazine groups is 1. The van der Waals surface area contributed by atoms with Crippen LogP contribution in [0, 0.1) is 5.92 Å². The van der Waals surface area contributed by atoms with E-state index in [1.807, 2.05) is 19.1 Å². The molecule has 76 valence electrons. The van der Waals surface area contributed by atoms with Crippen LogP contribution in [0.2, 0.25) is 0 Å². The Morgan fingerprint density at radius 1 is 1.38 bits per heavy atom. The van der Waals surface area contributed by atoms with E-state index in [0.717, 1.165) is 5.92 Å². The minimum absolute atomic E-state index is 0.535. The highest BCUT2D eigenvalue weighted by Gasteiger charge is 2.43. The summed E-state index contributed by atoms with van der Waals surface area (Å²) in [5.41, 5.74) is 3.42. The lowest BCUT2D eigenvalue weighted by Gasteiger charge is -2.28. The van der Waals surface area contributed by atoms with Gasteiger partial charge in [0.25, 0.3) is 0 Å². The molecule has 0 aromatic carbocycles. The van der Waals surface area contributed by atoms with Gasteiger partial charge in [0, 0.05) is 26.1 Å². The molecule has 0 aromatic heterocycles. The van der Waals surface area contributed by atoms with Gasteiger partial charge in [0.05, 0.1) is 12.2 Å². The summed E-state index contributed by atoms with van der Waals surface area (Å²) in [6, 6.07) is 0.547. The summed E-state index contributed by atoms with van der Waals surface area (Å²) in [6.07, 6.45) is 4.92. The minimum Gasteiger partial charge on any atom is -0.375 e. The summed E-state index contributed by atoms with van der Waals surface area (Å²) in [7, 11) is 4.09. The molecule has 0 amide bonds. The first-order valence-corrected chi connectivity index (χ1v) is 5.26. The monoisotopic (exact) mass is 184 g/mol. The van der Waals surface area contributed by atoms with Crippen LogP contribution >= 0.6 is 0 Å². The zero-order valence-corrected chi connectivity index (χ0v) is 8.79. The zero-order chi connectivity index (χ0) is 9.42. The predicted molar refractivity (Wildman–Crippen MR) is 52.3 cm³/mol. The van der Waals surface area contributed by atoms with Gasteiger partial charge < -0.3 is 4.74 Å². The molecular formula is C10H20N2O. The fraction of sp³-hybridized carbons (Fsp3) is 1.00. The van der Waals surface area contributed by atoms with Crippen molar-refractivity contribution in [2.75, 3.05) is 14.1 Å². The highest BCUT2D eigenvalue weighted by atomic mass is 16.5. The van der Waals surface area contributed by atoms with Crippen LogP contribution < -0.4 is 5.43 Å². The van der Waals surface area contributed by atoms with Crippen molar-refractivity contribution in [2.24, 2.45) is 5.92 Å². The Balaban J connectivity index is 1.87. The first-order valence-electron chi connectivity index (χ1n) is 5.26. The first kappa shape index (κ1) is 9.44. The van der Waals surface area contributed by atoms with Crippen molar-refractivity contribution in [3.63, 3.8) is 0 Å². The molecule has 4 atom stereocenters. The van der Waals surface area contributed by atoms with Crippen LogP contribution in [0.25, 0.3) is 0 Å². The minimum atomic E-state index is 0.535. The second-order valence-corrected chi connectivity index (χ2v) is 4.59. The van der Waals surface area contributed by atoms with Gasteiger partial charge in [0.2, 0.25) is 0 Å². The van der Waals surface area contributed by atoms with E-state index in [9.17, 15) is 0 Å². The third-order valence-electron chi connectivity index (χ3n) is 3.26. The molecule has 4 unspecified atom stereocenters. The predicted octanol–water partition coefficient (Wildman–Crippen LogP) is 1.01. The average molecular weight is 184 g/mol. The van der Waals surface area contributed by atoms with E-state index in [0.29, 0.717) is 18.2 Å². The maximum atomic E-state index is 5.83. The molecule has 0 saturated carbocycles. The second-order valence-electron chi connectivity index (χ2n) is 4.59. The molecule has 1 N–H and O–H groups in total. The molecule has 0 aromatic rings. The van der Waals surface area contributed by atoms with Gasteiger partial charge >= 0.3 is 0 Å². The number of fused-ring (bicyclic) bond motifs is 2. The smallest absolute Gasteiger partial charge is 0.0624 e. The van der Waals surface area contributed by atoms with E-state index in [4.69, 9.17) is 4.74 Å². The maximum Gasteiger partial charge on any atom is 0.0624 e. The molecule has 0 spiro atoms. The Morgan fingerprint density at radius 2 is 2.15 bits per heavy atom. The summed E-state index contributed by atoms with van der Waals surface area (Å²) in [4.78, 5) is 0. The lowest BCUT2D eigenvalue weighted by molar-refractivity contribution is 0.0796. The summed E-state index contributed by atoms with van der Waals surface area (Å²) >= 11 is 0. The van der Waals surface area contributed by atoms with Crippen molar-refractivity contribution in [1.82, 2.24) is 10.4 Å². The van der Waals surface area contributed by atoms with E-state index in [-0.39, 0.29) is 0 Å². The Morgan fingerprint density at radius 3 is 2.62 bits per heavy atom. The van der Waals surface area contributed by atoms with Crippen molar-refractivity contribution in [1.29, 1.82) is 0 Å². The molecule has 2 fully saturated rings. The molecule has 13 heavy (non-hydrogen) atoms. The van der Waals surface area contributed by atoms with Gasteiger partial charge in [-0.05, 0) is 26.2 Å². The number of rotatable bonds is 3. The van der Waals surface area contributed by atoms with E-state index >= 15 is 0 Å². The van der Waals surface area contributed by atoms with Gasteiger partial charge in [-0.3, -0.25) is 10.4 Å². The van der Waals surface area contributed by atoms with E-state index in [1.54, 1.807) is 0 Å². The van der Waals surface area contributed by atoms with Gasteiger partial charge in [-0.1, -0.05) is 0 Å². The van der Waals surface area contributed by atoms with Crippen LogP contribution in [0.5, 0.6) is 0 Å². The van der Waals surface area contributed by atoms with Crippen LogP contribution in [0.1, 0.15) is 26.2 Å². The number of hydrogen-bond acceptors (Lipinski definition) is 3. The van der Waals surface area contributed by atoms with Crippen LogP contribution in [0.4, 0.5) is 0 Å². The number of hydrogen-bond donors (Lipinski definition) is 1. The highest BCUT2D eigenvalue weighted by molar-refractivity contribution is 4.93. The van der Waals surface area contributed by atoms with Crippen LogP contribution in [-0.2, 0) is 4.74 Å². The zero-order valence-electron chi connectivity index (χ0n) is 8.79. The lowest BCUT2D eigenvalue weighted by Crippen LogP contribution is -2.45. The van der Waals surface area contributed by atoms with Gasteiger partial charge in [0.15, 0.2) is 0 Å². The van der Waals surface area contributed by atoms with Gasteiger partial charge in [0.1, 0.15) is 0 Å². The van der Waals surface area contributed by atoms with Crippen molar-refractivity contribution >= 4 is 0 Å². The molecule has 2 bridgehead atoms. The van der Waals surface area contributed by atoms with Crippen molar-refractivity contribution in [3.8, 4) is 0 Å². The molecular weight excluding hydrogens is 164 g/mol. The van der Waals surface area contributed by atoms with E-state index < -0.39 is 0 Å². The molecule has 0 aliphatic carbocycles. The molecule has 2 aliphatic rings. The Kier molecular flexibility index (Phi) is 2.58. The Hall–Kier alpha value is -0.120. The average Bonchev–Trinajstić information content (AvgIpc) is 2.62. The maximum absolute atomic E-state index is 5.83. The molecule has 2 aliphatic heterocycles. The molecule has 2 saturated heterocycles. The first-order chi connectivity index (χ1) is 6.16. The van der Waals surface area contributed by atoms with Gasteiger partial charge in [-0.25, -0.2) is 0 Å². The van der Waals surface area contributed by atoms with E-state index in [1.165, 1.54) is 19.3 Å². The summed E-state index contributed by atoms with van der Waals surface area (Å²) in [5.74, 6) is 0.723. The summed E-state index contributed by atoms with van der Waals surface area (Å²) in [6.45, 7) is 2.26. The van der Waals surface area contributed by atoms with Gasteiger partial charge in [-0.15, -0.1) is 0 Å². The largest absolute Gasteiger partial charge is 0.375 e. The number of ether oxygens (including phenoxy) is 1. The second kappa shape index (κ2) is 3.56. The number of nitrogens with one attached hydrogen (secondary N) is 1. The van der Waals surface area contributed by atoms with Crippen LogP contribution in [0.3, 0.4) is 0 Å². The van der Waals surface area contributed by atoms with Gasteiger partial charge in [-0.2, -0.15) is 0 Å². The van der Waals surface area contributed by atoms with Crippen molar-refractivity contribution in [3.05, 3.63) is 0 Å². The lowest BCUT2D eigenvalue weighted by atomic mass is 9.85. The van der Waals surface area contributed by atoms with Crippen molar-refractivity contribution < 1.29 is 4.74 Å². The fourth-order valence-electron chi connectivity index (χ4n) is 2.71. The molecule has 3 nitrogen and oxygen atoms in total. The SMILES string of the molecule is CC(NN(C)C)C1CC2CCC1O2. The number of nitrogens with zero attached hydrogens (tertiary/aromatic N) is 1. The van der Waals surface area contributed by atoms with Crippen LogP contribution in [-0.4, -0.2) is 37.4 Å². The molecule has 2 rings (SSSR count). The summed E-state index contributed by atoms with van der Waals surface area (Å²) < 4.78 is 5.83. The standard InChI is InChI=1S/C10H20N2O/c1-7(11-12(2)3)9-6-8-4-5-10(9)13-8/h7-11H,4-6H2,1-3H3. The van der Waals surface area contributed by atoms with Crippen LogP contribution in [0.15, 0.2) is 0 Å². The normalized spacial score (nSPS) is 40.2. The molecule has 3 heteroatoms. The highest BCUT2D eigenvalue weighted by Crippen LogP contribution is 2.40. The van der Waals surface area contributed by atoms with Crippen molar-refractivity contribution in [2.45, 2.75) is 44.4 Å². The molecule has 0 radical (unpaired) electrons. The topological polar surface area (TPSA) is 24.5 Å². The molecule has 2 heterocycles. The third-order valence-corrected chi connectivity index (χ3v) is 3.26.